The number of carboxylic acid groups (broad SMARTS) is 1. The second kappa shape index (κ2) is 12.1. The minimum Gasteiger partial charge on any atom is -0.497 e. The van der Waals surface area contributed by atoms with E-state index in [1.807, 2.05) is 42.6 Å². The van der Waals surface area contributed by atoms with Crippen molar-refractivity contribution in [2.24, 2.45) is 11.8 Å². The fourth-order valence-corrected chi connectivity index (χ4v) is 5.90. The van der Waals surface area contributed by atoms with E-state index in [1.165, 1.54) is 5.56 Å². The number of carboxylic acids is 1. The second-order valence-corrected chi connectivity index (χ2v) is 10.2. The maximum absolute atomic E-state index is 12.1. The van der Waals surface area contributed by atoms with Crippen molar-refractivity contribution in [3.8, 4) is 11.8 Å². The number of hydrogen-bond donors (Lipinski definition) is 1. The molecule has 2 atom stereocenters. The van der Waals surface area contributed by atoms with E-state index in [0.717, 1.165) is 66.1 Å². The zero-order chi connectivity index (χ0) is 24.6. The van der Waals surface area contributed by atoms with Crippen LogP contribution in [-0.4, -0.2) is 53.5 Å². The first kappa shape index (κ1) is 25.0. The Morgan fingerprint density at radius 2 is 2.17 bits per heavy atom. The number of piperidine rings is 1. The van der Waals surface area contributed by atoms with E-state index in [0.29, 0.717) is 12.1 Å². The maximum Gasteiger partial charge on any atom is 0.308 e. The summed E-state index contributed by atoms with van der Waals surface area (Å²) in [5, 5.41) is 20.1. The Labute approximate surface area is 210 Å². The monoisotopic (exact) mass is 489 g/mol. The quantitative estimate of drug-likeness (QED) is 0.389. The largest absolute Gasteiger partial charge is 0.497 e. The molecule has 1 aliphatic rings. The number of nitriles is 1. The number of aryl methyl sites for hydroxylation is 1. The van der Waals surface area contributed by atoms with Gasteiger partial charge in [0.1, 0.15) is 5.75 Å². The molecular formula is C28H31N3O3S. The van der Waals surface area contributed by atoms with Crippen LogP contribution in [0, 0.1) is 23.2 Å². The summed E-state index contributed by atoms with van der Waals surface area (Å²) in [6, 6.07) is 17.8. The Morgan fingerprint density at radius 1 is 1.29 bits per heavy atom. The van der Waals surface area contributed by atoms with Crippen LogP contribution < -0.4 is 4.74 Å². The van der Waals surface area contributed by atoms with Crippen molar-refractivity contribution in [1.29, 1.82) is 5.26 Å². The van der Waals surface area contributed by atoms with Gasteiger partial charge in [0, 0.05) is 35.3 Å². The summed E-state index contributed by atoms with van der Waals surface area (Å²) in [6.45, 7) is 2.39. The van der Waals surface area contributed by atoms with Gasteiger partial charge in [0.25, 0.3) is 0 Å². The standard InChI is InChI=1S/C28H31N3O3S/c1-34-23-8-9-27-25(17-23)21(10-12-30-27)5-3-6-22-11-13-31(19-26(22)28(32)33)14-15-35-24-7-2-4-20(16-24)18-29/h2,4,7-10,12,16-17,22,26H,3,5-6,11,13-15,19H2,1H3,(H,32,33)/t22-,26+/m1/s1. The van der Waals surface area contributed by atoms with Crippen LogP contribution in [0.3, 0.4) is 0 Å². The van der Waals surface area contributed by atoms with Gasteiger partial charge in [0.05, 0.1) is 30.2 Å². The second-order valence-electron chi connectivity index (χ2n) is 9.03. The molecular weight excluding hydrogens is 458 g/mol. The third-order valence-electron chi connectivity index (χ3n) is 6.86. The molecule has 0 unspecified atom stereocenters. The third kappa shape index (κ3) is 6.53. The summed E-state index contributed by atoms with van der Waals surface area (Å²) in [5.74, 6) is 0.884. The molecule has 0 spiro atoms. The number of methoxy groups -OCH3 is 1. The number of pyridine rings is 1. The summed E-state index contributed by atoms with van der Waals surface area (Å²) in [7, 11) is 1.67. The smallest absolute Gasteiger partial charge is 0.308 e. The maximum atomic E-state index is 12.1. The van der Waals surface area contributed by atoms with E-state index in [2.05, 4.69) is 22.0 Å². The number of hydrogen-bond acceptors (Lipinski definition) is 6. The van der Waals surface area contributed by atoms with Gasteiger partial charge in [-0.15, -0.1) is 11.8 Å². The van der Waals surface area contributed by atoms with E-state index in [4.69, 9.17) is 10.00 Å². The highest BCUT2D eigenvalue weighted by molar-refractivity contribution is 7.99. The summed E-state index contributed by atoms with van der Waals surface area (Å²) in [6.07, 6.45) is 5.52. The van der Waals surface area contributed by atoms with Crippen LogP contribution in [0.25, 0.3) is 10.9 Å². The fourth-order valence-electron chi connectivity index (χ4n) is 4.93. The van der Waals surface area contributed by atoms with Crippen molar-refractivity contribution in [1.82, 2.24) is 9.88 Å². The Hall–Kier alpha value is -3.08. The lowest BCUT2D eigenvalue weighted by molar-refractivity contribution is -0.146. The van der Waals surface area contributed by atoms with Crippen molar-refractivity contribution in [3.05, 3.63) is 65.9 Å². The van der Waals surface area contributed by atoms with Gasteiger partial charge < -0.3 is 14.7 Å². The normalized spacial score (nSPS) is 18.3. The molecule has 1 N–H and O–H groups in total. The number of rotatable bonds is 10. The molecule has 2 heterocycles. The molecule has 1 aliphatic heterocycles. The summed E-state index contributed by atoms with van der Waals surface area (Å²) in [4.78, 5) is 19.9. The highest BCUT2D eigenvalue weighted by atomic mass is 32.2. The molecule has 6 nitrogen and oxygen atoms in total. The molecule has 35 heavy (non-hydrogen) atoms. The molecule has 1 fully saturated rings. The Morgan fingerprint density at radius 3 is 2.97 bits per heavy atom. The first-order valence-electron chi connectivity index (χ1n) is 12.1. The Balaban J connectivity index is 1.29. The number of aromatic nitrogens is 1. The van der Waals surface area contributed by atoms with Crippen LogP contribution in [0.5, 0.6) is 5.75 Å². The number of fused-ring (bicyclic) bond motifs is 1. The van der Waals surface area contributed by atoms with Gasteiger partial charge in [-0.25, -0.2) is 0 Å². The lowest BCUT2D eigenvalue weighted by Crippen LogP contribution is -2.44. The molecule has 0 bridgehead atoms. The van der Waals surface area contributed by atoms with Crippen LogP contribution in [-0.2, 0) is 11.2 Å². The Bertz CT molecular complexity index is 1210. The van der Waals surface area contributed by atoms with Gasteiger partial charge in [-0.2, -0.15) is 5.26 Å². The molecule has 1 saturated heterocycles. The number of carbonyl (C=O) groups is 1. The minimum absolute atomic E-state index is 0.200. The first-order valence-corrected chi connectivity index (χ1v) is 13.1. The molecule has 0 amide bonds. The molecule has 1 aromatic heterocycles. The molecule has 2 aromatic carbocycles. The molecule has 182 valence electrons. The van der Waals surface area contributed by atoms with Crippen LogP contribution in [0.4, 0.5) is 0 Å². The Kier molecular flexibility index (Phi) is 8.62. The number of aliphatic carboxylic acids is 1. The van der Waals surface area contributed by atoms with Crippen LogP contribution in [0.15, 0.2) is 59.6 Å². The van der Waals surface area contributed by atoms with Gasteiger partial charge in [-0.05, 0) is 86.2 Å². The summed E-state index contributed by atoms with van der Waals surface area (Å²) in [5.41, 5.74) is 2.86. The van der Waals surface area contributed by atoms with Gasteiger partial charge >= 0.3 is 5.97 Å². The van der Waals surface area contributed by atoms with Gasteiger partial charge in [-0.3, -0.25) is 9.78 Å². The van der Waals surface area contributed by atoms with Crippen molar-refractivity contribution < 1.29 is 14.6 Å². The van der Waals surface area contributed by atoms with Crippen molar-refractivity contribution in [2.75, 3.05) is 32.5 Å². The third-order valence-corrected chi connectivity index (χ3v) is 7.83. The first-order chi connectivity index (χ1) is 17.1. The lowest BCUT2D eigenvalue weighted by Gasteiger charge is -2.36. The highest BCUT2D eigenvalue weighted by Gasteiger charge is 2.33. The van der Waals surface area contributed by atoms with Gasteiger partial charge in [-0.1, -0.05) is 6.07 Å². The van der Waals surface area contributed by atoms with E-state index in [1.54, 1.807) is 24.9 Å². The number of benzene rings is 2. The molecule has 0 saturated carbocycles. The zero-order valence-corrected chi connectivity index (χ0v) is 20.8. The van der Waals surface area contributed by atoms with E-state index in [-0.39, 0.29) is 11.8 Å². The number of thioether (sulfide) groups is 1. The summed E-state index contributed by atoms with van der Waals surface area (Å²) >= 11 is 1.71. The number of nitrogens with zero attached hydrogens (tertiary/aromatic N) is 3. The SMILES string of the molecule is COc1ccc2nccc(CCC[C@@H]3CCN(CCSc4cccc(C#N)c4)C[C@@H]3C(=O)O)c2c1. The van der Waals surface area contributed by atoms with E-state index >= 15 is 0 Å². The average Bonchev–Trinajstić information content (AvgIpc) is 2.89. The zero-order valence-electron chi connectivity index (χ0n) is 20.0. The fraction of sp³-hybridized carbons (Fsp3) is 0.393. The molecule has 0 radical (unpaired) electrons. The molecule has 4 rings (SSSR count). The van der Waals surface area contributed by atoms with E-state index < -0.39 is 5.97 Å². The average molecular weight is 490 g/mol. The number of likely N-dealkylation sites (tertiary alicyclic amines) is 1. The van der Waals surface area contributed by atoms with Crippen LogP contribution >= 0.6 is 11.8 Å². The van der Waals surface area contributed by atoms with Crippen LogP contribution in [0.1, 0.15) is 30.4 Å². The number of ether oxygens (including phenoxy) is 1. The minimum atomic E-state index is -0.687. The predicted molar refractivity (Wildman–Crippen MR) is 139 cm³/mol. The molecule has 0 aliphatic carbocycles. The summed E-state index contributed by atoms with van der Waals surface area (Å²) < 4.78 is 5.38. The van der Waals surface area contributed by atoms with Gasteiger partial charge in [0.2, 0.25) is 0 Å². The topological polar surface area (TPSA) is 86.5 Å². The predicted octanol–water partition coefficient (Wildman–Crippen LogP) is 5.25. The van der Waals surface area contributed by atoms with Crippen molar-refractivity contribution in [2.45, 2.75) is 30.6 Å². The van der Waals surface area contributed by atoms with Gasteiger partial charge in [0.15, 0.2) is 0 Å². The van der Waals surface area contributed by atoms with Crippen molar-refractivity contribution >= 4 is 28.6 Å². The lowest BCUT2D eigenvalue weighted by atomic mass is 9.81. The van der Waals surface area contributed by atoms with Crippen LogP contribution in [0.2, 0.25) is 0 Å². The molecule has 3 aromatic rings. The highest BCUT2D eigenvalue weighted by Crippen LogP contribution is 2.30. The van der Waals surface area contributed by atoms with E-state index in [9.17, 15) is 9.90 Å². The molecule has 7 heteroatoms. The van der Waals surface area contributed by atoms with Crippen molar-refractivity contribution in [3.63, 3.8) is 0 Å².